The van der Waals surface area contributed by atoms with Crippen molar-refractivity contribution >= 4 is 33.4 Å². The molecule has 0 bridgehead atoms. The molecule has 2 aromatic rings. The van der Waals surface area contributed by atoms with Crippen molar-refractivity contribution in [3.63, 3.8) is 0 Å². The summed E-state index contributed by atoms with van der Waals surface area (Å²) in [5, 5.41) is 2.61. The van der Waals surface area contributed by atoms with Crippen molar-refractivity contribution in [2.45, 2.75) is 0 Å². The topological polar surface area (TPSA) is 59.3 Å². The standard InChI is InChI=1S/C14H10BrNO3/c15-12-5-3-10(4-6-12)11(9-17)8-16-14(18)13-2-1-7-19-13/h1-7H,8H2,(H,16,18). The van der Waals surface area contributed by atoms with E-state index in [0.29, 0.717) is 5.57 Å². The third kappa shape index (κ3) is 3.44. The van der Waals surface area contributed by atoms with E-state index in [0.717, 1.165) is 10.0 Å². The van der Waals surface area contributed by atoms with Crippen molar-refractivity contribution in [2.24, 2.45) is 0 Å². The molecule has 1 heterocycles. The van der Waals surface area contributed by atoms with Gasteiger partial charge in [0.15, 0.2) is 5.76 Å². The third-order valence-corrected chi connectivity index (χ3v) is 3.02. The normalized spacial score (nSPS) is 9.74. The lowest BCUT2D eigenvalue weighted by molar-refractivity contribution is 0.0931. The second kappa shape index (κ2) is 6.18. The van der Waals surface area contributed by atoms with Gasteiger partial charge in [-0.3, -0.25) is 4.79 Å². The Morgan fingerprint density at radius 1 is 1.26 bits per heavy atom. The van der Waals surface area contributed by atoms with E-state index >= 15 is 0 Å². The van der Waals surface area contributed by atoms with Gasteiger partial charge in [-0.25, -0.2) is 4.79 Å². The van der Waals surface area contributed by atoms with E-state index < -0.39 is 0 Å². The van der Waals surface area contributed by atoms with Crippen LogP contribution in [-0.2, 0) is 4.79 Å². The molecule has 0 aliphatic rings. The number of amides is 1. The fourth-order valence-corrected chi connectivity index (χ4v) is 1.78. The van der Waals surface area contributed by atoms with Crippen LogP contribution in [0.15, 0.2) is 51.6 Å². The monoisotopic (exact) mass is 319 g/mol. The Morgan fingerprint density at radius 2 is 2.00 bits per heavy atom. The first-order valence-corrected chi connectivity index (χ1v) is 6.31. The minimum Gasteiger partial charge on any atom is -0.459 e. The van der Waals surface area contributed by atoms with E-state index in [9.17, 15) is 9.59 Å². The zero-order valence-electron chi connectivity index (χ0n) is 9.85. The highest BCUT2D eigenvalue weighted by atomic mass is 79.9. The zero-order chi connectivity index (χ0) is 13.7. The first-order valence-electron chi connectivity index (χ1n) is 5.52. The van der Waals surface area contributed by atoms with Gasteiger partial charge in [0.1, 0.15) is 5.94 Å². The van der Waals surface area contributed by atoms with Gasteiger partial charge in [0.25, 0.3) is 5.91 Å². The second-order valence-electron chi connectivity index (χ2n) is 3.75. The van der Waals surface area contributed by atoms with E-state index in [1.165, 1.54) is 6.26 Å². The molecule has 0 unspecified atom stereocenters. The number of hydrogen-bond acceptors (Lipinski definition) is 3. The van der Waals surface area contributed by atoms with Gasteiger partial charge in [-0.05, 0) is 29.8 Å². The molecule has 5 heteroatoms. The summed E-state index contributed by atoms with van der Waals surface area (Å²) in [6, 6.07) is 10.4. The van der Waals surface area contributed by atoms with Crippen molar-refractivity contribution in [1.29, 1.82) is 0 Å². The molecule has 0 saturated carbocycles. The summed E-state index contributed by atoms with van der Waals surface area (Å²) in [6.07, 6.45) is 1.42. The molecule has 19 heavy (non-hydrogen) atoms. The van der Waals surface area contributed by atoms with Crippen molar-refractivity contribution in [1.82, 2.24) is 5.32 Å². The maximum atomic E-state index is 11.7. The van der Waals surface area contributed by atoms with Crippen LogP contribution in [0.1, 0.15) is 16.1 Å². The molecule has 1 amide bonds. The van der Waals surface area contributed by atoms with Crippen LogP contribution in [0.4, 0.5) is 0 Å². The van der Waals surface area contributed by atoms with Crippen LogP contribution in [0.3, 0.4) is 0 Å². The Balaban J connectivity index is 2.03. The van der Waals surface area contributed by atoms with Crippen molar-refractivity contribution in [2.75, 3.05) is 6.54 Å². The van der Waals surface area contributed by atoms with Crippen LogP contribution in [0.5, 0.6) is 0 Å². The lowest BCUT2D eigenvalue weighted by Gasteiger charge is -2.05. The van der Waals surface area contributed by atoms with Crippen molar-refractivity contribution in [3.8, 4) is 0 Å². The van der Waals surface area contributed by atoms with Crippen molar-refractivity contribution in [3.05, 3.63) is 58.5 Å². The van der Waals surface area contributed by atoms with Gasteiger partial charge < -0.3 is 9.73 Å². The van der Waals surface area contributed by atoms with Crippen LogP contribution >= 0.6 is 15.9 Å². The summed E-state index contributed by atoms with van der Waals surface area (Å²) >= 11 is 3.31. The molecule has 96 valence electrons. The largest absolute Gasteiger partial charge is 0.459 e. The Morgan fingerprint density at radius 3 is 2.58 bits per heavy atom. The summed E-state index contributed by atoms with van der Waals surface area (Å²) in [5.74, 6) is 1.69. The highest BCUT2D eigenvalue weighted by molar-refractivity contribution is 9.10. The molecule has 4 nitrogen and oxygen atoms in total. The molecule has 1 aromatic heterocycles. The molecule has 0 aliphatic carbocycles. The first-order chi connectivity index (χ1) is 9.20. The highest BCUT2D eigenvalue weighted by Crippen LogP contribution is 2.15. The highest BCUT2D eigenvalue weighted by Gasteiger charge is 2.10. The maximum Gasteiger partial charge on any atom is 0.287 e. The molecule has 1 aromatic carbocycles. The summed E-state index contributed by atoms with van der Waals surface area (Å²) in [6.45, 7) is 0.102. The summed E-state index contributed by atoms with van der Waals surface area (Å²) in [5.41, 5.74) is 1.10. The minimum absolute atomic E-state index is 0.102. The third-order valence-electron chi connectivity index (χ3n) is 2.49. The summed E-state index contributed by atoms with van der Waals surface area (Å²) in [4.78, 5) is 22.6. The lowest BCUT2D eigenvalue weighted by Crippen LogP contribution is -2.24. The predicted octanol–water partition coefficient (Wildman–Crippen LogP) is 2.69. The Labute approximate surface area is 118 Å². The Bertz CT molecular complexity index is 611. The Kier molecular flexibility index (Phi) is 4.34. The fourth-order valence-electron chi connectivity index (χ4n) is 1.51. The molecule has 0 radical (unpaired) electrons. The maximum absolute atomic E-state index is 11.7. The zero-order valence-corrected chi connectivity index (χ0v) is 11.4. The predicted molar refractivity (Wildman–Crippen MR) is 74.3 cm³/mol. The van der Waals surface area contributed by atoms with E-state index in [-0.39, 0.29) is 18.2 Å². The number of furan rings is 1. The number of benzene rings is 1. The molecule has 0 aliphatic heterocycles. The number of carbonyl (C=O) groups is 1. The van der Waals surface area contributed by atoms with Gasteiger partial charge in [-0.1, -0.05) is 28.1 Å². The molecule has 0 atom stereocenters. The van der Waals surface area contributed by atoms with Crippen LogP contribution in [0, 0.1) is 0 Å². The number of carbonyl (C=O) groups excluding carboxylic acids is 2. The first kappa shape index (κ1) is 13.3. The fraction of sp³-hybridized carbons (Fsp3) is 0.0714. The lowest BCUT2D eigenvalue weighted by atomic mass is 10.1. The molecule has 0 fully saturated rings. The molecular formula is C14H10BrNO3. The van der Waals surface area contributed by atoms with Gasteiger partial charge >= 0.3 is 0 Å². The van der Waals surface area contributed by atoms with Crippen molar-refractivity contribution < 1.29 is 14.0 Å². The number of rotatable bonds is 4. The number of halogens is 1. The van der Waals surface area contributed by atoms with Gasteiger partial charge in [-0.2, -0.15) is 0 Å². The average molecular weight is 320 g/mol. The molecule has 2 rings (SSSR count). The summed E-state index contributed by atoms with van der Waals surface area (Å²) < 4.78 is 5.87. The SMILES string of the molecule is O=C=C(CNC(=O)c1ccco1)c1ccc(Br)cc1. The van der Waals surface area contributed by atoms with Gasteiger partial charge in [0.05, 0.1) is 18.4 Å². The van der Waals surface area contributed by atoms with Crippen LogP contribution in [0.2, 0.25) is 0 Å². The minimum atomic E-state index is -0.366. The quantitative estimate of drug-likeness (QED) is 0.881. The average Bonchev–Trinajstić information content (AvgIpc) is 2.95. The van der Waals surface area contributed by atoms with Crippen LogP contribution < -0.4 is 5.32 Å². The van der Waals surface area contributed by atoms with Crippen LogP contribution in [0.25, 0.3) is 5.57 Å². The summed E-state index contributed by atoms with van der Waals surface area (Å²) in [7, 11) is 0. The smallest absolute Gasteiger partial charge is 0.287 e. The molecule has 0 saturated heterocycles. The van der Waals surface area contributed by atoms with Gasteiger partial charge in [-0.15, -0.1) is 0 Å². The molecular weight excluding hydrogens is 310 g/mol. The Hall–Kier alpha value is -2.10. The second-order valence-corrected chi connectivity index (χ2v) is 4.66. The number of hydrogen-bond donors (Lipinski definition) is 1. The van der Waals surface area contributed by atoms with E-state index in [4.69, 9.17) is 4.42 Å². The van der Waals surface area contributed by atoms with Crippen LogP contribution in [-0.4, -0.2) is 18.4 Å². The number of nitrogens with one attached hydrogen (secondary N) is 1. The molecule has 1 N–H and O–H groups in total. The van der Waals surface area contributed by atoms with E-state index in [2.05, 4.69) is 21.2 Å². The molecule has 0 spiro atoms. The van der Waals surface area contributed by atoms with Gasteiger partial charge in [0, 0.05) is 4.47 Å². The van der Waals surface area contributed by atoms with E-state index in [1.807, 2.05) is 18.1 Å². The van der Waals surface area contributed by atoms with E-state index in [1.54, 1.807) is 24.3 Å². The van der Waals surface area contributed by atoms with Gasteiger partial charge in [0.2, 0.25) is 0 Å².